The predicted molar refractivity (Wildman–Crippen MR) is 70.7 cm³/mol. The minimum absolute atomic E-state index is 0.552. The number of hydrogen-bond donors (Lipinski definition) is 1. The van der Waals surface area contributed by atoms with Crippen LogP contribution in [0, 0.1) is 16.7 Å². The predicted octanol–water partition coefficient (Wildman–Crippen LogP) is 3.51. The second-order valence-electron chi connectivity index (χ2n) is 6.58. The van der Waals surface area contributed by atoms with Gasteiger partial charge in [-0.05, 0) is 55.3 Å². The average Bonchev–Trinajstić information content (AvgIpc) is 3.10. The van der Waals surface area contributed by atoms with Gasteiger partial charge >= 0.3 is 0 Å². The van der Waals surface area contributed by atoms with E-state index >= 15 is 0 Å². The number of carbonyl (C=O) groups is 1. The summed E-state index contributed by atoms with van der Waals surface area (Å²) < 4.78 is 0. The zero-order chi connectivity index (χ0) is 12.4. The van der Waals surface area contributed by atoms with E-state index in [0.29, 0.717) is 16.7 Å². The Hall–Kier alpha value is -0.530. The molecule has 17 heavy (non-hydrogen) atoms. The number of hydrogen-bond acceptors (Lipinski definition) is 1. The van der Waals surface area contributed by atoms with Gasteiger partial charge in [0.05, 0.1) is 0 Å². The maximum absolute atomic E-state index is 10.4. The first-order chi connectivity index (χ1) is 8.16. The summed E-state index contributed by atoms with van der Waals surface area (Å²) in [5.41, 5.74) is 1.25. The van der Waals surface area contributed by atoms with Crippen molar-refractivity contribution < 1.29 is 4.79 Å². The second kappa shape index (κ2) is 4.99. The fourth-order valence-electron chi connectivity index (χ4n) is 4.07. The monoisotopic (exact) mass is 237 g/mol. The van der Waals surface area contributed by atoms with E-state index in [-0.39, 0.29) is 0 Å². The second-order valence-corrected chi connectivity index (χ2v) is 6.58. The van der Waals surface area contributed by atoms with Gasteiger partial charge in [-0.1, -0.05) is 26.7 Å². The minimum atomic E-state index is 0.552. The van der Waals surface area contributed by atoms with Gasteiger partial charge < -0.3 is 5.32 Å². The molecule has 0 aromatic heterocycles. The van der Waals surface area contributed by atoms with Crippen molar-refractivity contribution in [3.8, 4) is 0 Å². The van der Waals surface area contributed by atoms with Crippen LogP contribution in [0.1, 0.15) is 65.2 Å². The molecular formula is C15H27NO. The van der Waals surface area contributed by atoms with Crippen molar-refractivity contribution in [1.29, 1.82) is 0 Å². The smallest absolute Gasteiger partial charge is 0.207 e. The van der Waals surface area contributed by atoms with E-state index < -0.39 is 0 Å². The Balaban J connectivity index is 1.96. The normalized spacial score (nSPS) is 34.6. The number of carbonyl (C=O) groups excluding carboxylic acids is 1. The van der Waals surface area contributed by atoms with E-state index in [1.165, 1.54) is 51.4 Å². The number of amides is 1. The fourth-order valence-corrected chi connectivity index (χ4v) is 4.07. The molecule has 98 valence electrons. The highest BCUT2D eigenvalue weighted by atomic mass is 16.1. The summed E-state index contributed by atoms with van der Waals surface area (Å²) in [6.45, 7) is 5.70. The van der Waals surface area contributed by atoms with E-state index in [0.717, 1.165) is 13.0 Å². The van der Waals surface area contributed by atoms with Gasteiger partial charge in [0.2, 0.25) is 6.41 Å². The van der Waals surface area contributed by atoms with Crippen LogP contribution in [0.3, 0.4) is 0 Å². The molecule has 2 fully saturated rings. The molecule has 1 N–H and O–H groups in total. The molecule has 2 aliphatic carbocycles. The Morgan fingerprint density at radius 1 is 1.35 bits per heavy atom. The average molecular weight is 237 g/mol. The van der Waals surface area contributed by atoms with E-state index in [1.54, 1.807) is 0 Å². The Bertz CT molecular complexity index is 272. The summed E-state index contributed by atoms with van der Waals surface area (Å²) >= 11 is 0. The third-order valence-corrected chi connectivity index (χ3v) is 5.48. The van der Waals surface area contributed by atoms with Crippen LogP contribution >= 0.6 is 0 Å². The first-order valence-electron chi connectivity index (χ1n) is 7.33. The Kier molecular flexibility index (Phi) is 3.79. The number of unbranched alkanes of at least 4 members (excludes halogenated alkanes) is 1. The summed E-state index contributed by atoms with van der Waals surface area (Å²) in [7, 11) is 0. The van der Waals surface area contributed by atoms with Gasteiger partial charge in [-0.2, -0.15) is 0 Å². The van der Waals surface area contributed by atoms with Gasteiger partial charge in [0, 0.05) is 6.54 Å². The van der Waals surface area contributed by atoms with Crippen LogP contribution in [0.15, 0.2) is 0 Å². The molecule has 2 rings (SSSR count). The van der Waals surface area contributed by atoms with Gasteiger partial charge in [0.1, 0.15) is 0 Å². The molecule has 2 nitrogen and oxygen atoms in total. The van der Waals surface area contributed by atoms with Crippen molar-refractivity contribution in [1.82, 2.24) is 5.32 Å². The van der Waals surface area contributed by atoms with Crippen LogP contribution in [0.5, 0.6) is 0 Å². The number of rotatable bonds is 6. The molecule has 1 unspecified atom stereocenters. The van der Waals surface area contributed by atoms with Crippen LogP contribution in [0.25, 0.3) is 0 Å². The van der Waals surface area contributed by atoms with Gasteiger partial charge in [-0.25, -0.2) is 0 Å². The molecule has 0 aromatic carbocycles. The molecule has 0 bridgehead atoms. The van der Waals surface area contributed by atoms with Crippen molar-refractivity contribution >= 4 is 6.41 Å². The molecule has 1 spiro atoms. The van der Waals surface area contributed by atoms with E-state index in [1.807, 2.05) is 0 Å². The quantitative estimate of drug-likeness (QED) is 0.704. The van der Waals surface area contributed by atoms with Crippen molar-refractivity contribution in [2.24, 2.45) is 16.7 Å². The highest BCUT2D eigenvalue weighted by Gasteiger charge is 2.57. The molecule has 1 amide bonds. The molecular weight excluding hydrogens is 210 g/mol. The van der Waals surface area contributed by atoms with Gasteiger partial charge in [0.25, 0.3) is 0 Å². The lowest BCUT2D eigenvalue weighted by atomic mass is 9.59. The summed E-state index contributed by atoms with van der Waals surface area (Å²) in [5, 5.41) is 2.88. The Labute approximate surface area is 106 Å². The minimum Gasteiger partial charge on any atom is -0.358 e. The van der Waals surface area contributed by atoms with E-state index in [9.17, 15) is 4.79 Å². The summed E-state index contributed by atoms with van der Waals surface area (Å²) in [6, 6.07) is 0. The van der Waals surface area contributed by atoms with Crippen molar-refractivity contribution in [2.45, 2.75) is 65.2 Å². The molecule has 0 heterocycles. The first-order valence-corrected chi connectivity index (χ1v) is 7.33. The molecule has 2 saturated carbocycles. The van der Waals surface area contributed by atoms with Crippen LogP contribution in [-0.4, -0.2) is 13.0 Å². The standard InChI is InChI=1S/C15H27NO/c1-3-4-6-14(2)10-13(11-16-12-17)5-7-15(14)8-9-15/h12-13H,3-11H2,1-2H3,(H,16,17)/t13?,14-/m1/s1. The largest absolute Gasteiger partial charge is 0.358 e. The molecule has 0 saturated heterocycles. The molecule has 0 radical (unpaired) electrons. The third kappa shape index (κ3) is 2.51. The highest BCUT2D eigenvalue weighted by molar-refractivity contribution is 5.45. The summed E-state index contributed by atoms with van der Waals surface area (Å²) in [5.74, 6) is 0.716. The SMILES string of the molecule is CCCC[C@]1(C)CC(CNC=O)CCC12CC2. The Morgan fingerprint density at radius 2 is 2.12 bits per heavy atom. The summed E-state index contributed by atoms with van der Waals surface area (Å²) in [6.07, 6.45) is 11.9. The van der Waals surface area contributed by atoms with Crippen LogP contribution in [-0.2, 0) is 4.79 Å². The molecule has 2 aliphatic rings. The van der Waals surface area contributed by atoms with Crippen molar-refractivity contribution in [3.05, 3.63) is 0 Å². The van der Waals surface area contributed by atoms with Crippen LogP contribution < -0.4 is 5.32 Å². The first kappa shape index (κ1) is 12.9. The van der Waals surface area contributed by atoms with Crippen LogP contribution in [0.4, 0.5) is 0 Å². The van der Waals surface area contributed by atoms with Gasteiger partial charge in [-0.15, -0.1) is 0 Å². The third-order valence-electron chi connectivity index (χ3n) is 5.48. The van der Waals surface area contributed by atoms with Gasteiger partial charge in [-0.3, -0.25) is 4.79 Å². The van der Waals surface area contributed by atoms with Gasteiger partial charge in [0.15, 0.2) is 0 Å². The van der Waals surface area contributed by atoms with Crippen molar-refractivity contribution in [3.63, 3.8) is 0 Å². The zero-order valence-corrected chi connectivity index (χ0v) is 11.4. The van der Waals surface area contributed by atoms with E-state index in [4.69, 9.17) is 0 Å². The molecule has 0 aromatic rings. The van der Waals surface area contributed by atoms with Crippen molar-refractivity contribution in [2.75, 3.05) is 6.54 Å². The lowest BCUT2D eigenvalue weighted by molar-refractivity contribution is -0.109. The van der Waals surface area contributed by atoms with Crippen LogP contribution in [0.2, 0.25) is 0 Å². The molecule has 2 atom stereocenters. The fraction of sp³-hybridized carbons (Fsp3) is 0.933. The lowest BCUT2D eigenvalue weighted by Crippen LogP contribution is -2.39. The maximum Gasteiger partial charge on any atom is 0.207 e. The van der Waals surface area contributed by atoms with E-state index in [2.05, 4.69) is 19.2 Å². The Morgan fingerprint density at radius 3 is 2.71 bits per heavy atom. The summed E-state index contributed by atoms with van der Waals surface area (Å²) in [4.78, 5) is 10.4. The molecule has 2 heteroatoms. The maximum atomic E-state index is 10.4. The lowest BCUT2D eigenvalue weighted by Gasteiger charge is -2.46. The topological polar surface area (TPSA) is 29.1 Å². The highest BCUT2D eigenvalue weighted by Crippen LogP contribution is 2.68. The number of nitrogens with one attached hydrogen (secondary N) is 1. The zero-order valence-electron chi connectivity index (χ0n) is 11.4. The molecule has 0 aliphatic heterocycles.